The van der Waals surface area contributed by atoms with Gasteiger partial charge in [0.1, 0.15) is 5.54 Å². The third-order valence-electron chi connectivity index (χ3n) is 3.71. The Kier molecular flexibility index (Phi) is 4.78. The van der Waals surface area contributed by atoms with Crippen LogP contribution in [0.2, 0.25) is 0 Å². The standard InChI is InChI=1S/C14H24N2O4/c1-13(2,3)11(18)15-8-6-10(17)16-9-5-7-14(16,4)12(19)20/h5-9H2,1-4H3,(H,15,18)(H,19,20). The van der Waals surface area contributed by atoms with Gasteiger partial charge in [0.25, 0.3) is 0 Å². The van der Waals surface area contributed by atoms with E-state index >= 15 is 0 Å². The van der Waals surface area contributed by atoms with Crippen LogP contribution in [0.3, 0.4) is 0 Å². The molecule has 2 N–H and O–H groups in total. The summed E-state index contributed by atoms with van der Waals surface area (Å²) in [6.07, 6.45) is 1.30. The van der Waals surface area contributed by atoms with Crippen LogP contribution in [0.5, 0.6) is 0 Å². The van der Waals surface area contributed by atoms with Gasteiger partial charge >= 0.3 is 5.97 Å². The number of nitrogens with zero attached hydrogens (tertiary/aromatic N) is 1. The molecule has 0 aliphatic carbocycles. The Labute approximate surface area is 119 Å². The van der Waals surface area contributed by atoms with Crippen LogP contribution < -0.4 is 5.32 Å². The van der Waals surface area contributed by atoms with Crippen molar-refractivity contribution < 1.29 is 19.5 Å². The molecule has 0 spiro atoms. The summed E-state index contributed by atoms with van der Waals surface area (Å²) < 4.78 is 0. The lowest BCUT2D eigenvalue weighted by molar-refractivity contribution is -0.155. The van der Waals surface area contributed by atoms with Crippen molar-refractivity contribution in [3.8, 4) is 0 Å². The molecule has 0 radical (unpaired) electrons. The van der Waals surface area contributed by atoms with E-state index in [0.29, 0.717) is 19.4 Å². The number of rotatable bonds is 4. The fourth-order valence-corrected chi connectivity index (χ4v) is 2.27. The van der Waals surface area contributed by atoms with Crippen LogP contribution in [-0.4, -0.2) is 46.4 Å². The van der Waals surface area contributed by atoms with E-state index in [1.54, 1.807) is 27.7 Å². The number of carboxylic acids is 1. The summed E-state index contributed by atoms with van der Waals surface area (Å²) in [6.45, 7) is 7.67. The minimum absolute atomic E-state index is 0.118. The SMILES string of the molecule is CC(C)(C)C(=O)NCCC(=O)N1CCCC1(C)C(=O)O. The summed E-state index contributed by atoms with van der Waals surface area (Å²) in [5.41, 5.74) is -1.60. The topological polar surface area (TPSA) is 86.7 Å². The molecule has 1 saturated heterocycles. The Bertz CT molecular complexity index is 414. The van der Waals surface area contributed by atoms with Gasteiger partial charge in [0.15, 0.2) is 0 Å². The zero-order valence-corrected chi connectivity index (χ0v) is 12.7. The zero-order chi connectivity index (χ0) is 15.6. The number of amides is 2. The Hall–Kier alpha value is -1.59. The maximum atomic E-state index is 12.1. The maximum absolute atomic E-state index is 12.1. The quantitative estimate of drug-likeness (QED) is 0.806. The van der Waals surface area contributed by atoms with E-state index in [1.807, 2.05) is 0 Å². The molecule has 1 aliphatic rings. The average molecular weight is 284 g/mol. The molecule has 0 aromatic carbocycles. The highest BCUT2D eigenvalue weighted by Gasteiger charge is 2.45. The molecule has 2 amide bonds. The van der Waals surface area contributed by atoms with Crippen molar-refractivity contribution in [3.05, 3.63) is 0 Å². The van der Waals surface area contributed by atoms with Crippen molar-refractivity contribution in [2.24, 2.45) is 5.41 Å². The third-order valence-corrected chi connectivity index (χ3v) is 3.71. The largest absolute Gasteiger partial charge is 0.480 e. The van der Waals surface area contributed by atoms with Gasteiger partial charge in [0.05, 0.1) is 0 Å². The Balaban J connectivity index is 2.52. The van der Waals surface area contributed by atoms with Gasteiger partial charge < -0.3 is 15.3 Å². The van der Waals surface area contributed by atoms with Crippen LogP contribution in [-0.2, 0) is 14.4 Å². The summed E-state index contributed by atoms with van der Waals surface area (Å²) in [5, 5.41) is 11.9. The van der Waals surface area contributed by atoms with Gasteiger partial charge in [-0.3, -0.25) is 9.59 Å². The van der Waals surface area contributed by atoms with E-state index in [4.69, 9.17) is 0 Å². The molecule has 1 unspecified atom stereocenters. The van der Waals surface area contributed by atoms with Gasteiger partial charge in [-0.05, 0) is 19.8 Å². The first kappa shape index (κ1) is 16.5. The number of hydrogen-bond acceptors (Lipinski definition) is 3. The van der Waals surface area contributed by atoms with Crippen molar-refractivity contribution >= 4 is 17.8 Å². The second kappa shape index (κ2) is 5.81. The highest BCUT2D eigenvalue weighted by Crippen LogP contribution is 2.29. The highest BCUT2D eigenvalue weighted by molar-refractivity contribution is 5.88. The summed E-state index contributed by atoms with van der Waals surface area (Å²) in [7, 11) is 0. The molecule has 6 nitrogen and oxygen atoms in total. The molecule has 1 aliphatic heterocycles. The van der Waals surface area contributed by atoms with Crippen LogP contribution >= 0.6 is 0 Å². The average Bonchev–Trinajstić information content (AvgIpc) is 2.71. The van der Waals surface area contributed by atoms with E-state index in [2.05, 4.69) is 5.32 Å². The molecule has 20 heavy (non-hydrogen) atoms. The third kappa shape index (κ3) is 3.49. The van der Waals surface area contributed by atoms with E-state index < -0.39 is 16.9 Å². The zero-order valence-electron chi connectivity index (χ0n) is 12.7. The van der Waals surface area contributed by atoms with Crippen LogP contribution in [0.15, 0.2) is 0 Å². The molecule has 1 rings (SSSR count). The Morgan fingerprint density at radius 2 is 1.90 bits per heavy atom. The highest BCUT2D eigenvalue weighted by atomic mass is 16.4. The van der Waals surface area contributed by atoms with Gasteiger partial charge in [-0.15, -0.1) is 0 Å². The number of aliphatic carboxylic acids is 1. The molecule has 0 bridgehead atoms. The predicted octanol–water partition coefficient (Wildman–Crippen LogP) is 1.00. The predicted molar refractivity (Wildman–Crippen MR) is 74.1 cm³/mol. The van der Waals surface area contributed by atoms with Crippen LogP contribution in [0, 0.1) is 5.41 Å². The van der Waals surface area contributed by atoms with Crippen molar-refractivity contribution in [1.82, 2.24) is 10.2 Å². The van der Waals surface area contributed by atoms with Crippen molar-refractivity contribution in [3.63, 3.8) is 0 Å². The number of nitrogens with one attached hydrogen (secondary N) is 1. The van der Waals surface area contributed by atoms with Gasteiger partial charge in [0.2, 0.25) is 11.8 Å². The first-order valence-electron chi connectivity index (χ1n) is 6.91. The van der Waals surface area contributed by atoms with Crippen molar-refractivity contribution in [1.29, 1.82) is 0 Å². The lowest BCUT2D eigenvalue weighted by atomic mass is 9.95. The molecule has 6 heteroatoms. The van der Waals surface area contributed by atoms with E-state index in [-0.39, 0.29) is 24.8 Å². The Morgan fingerprint density at radius 1 is 1.30 bits per heavy atom. The summed E-state index contributed by atoms with van der Waals surface area (Å²) >= 11 is 0. The fourth-order valence-electron chi connectivity index (χ4n) is 2.27. The van der Waals surface area contributed by atoms with Crippen LogP contribution in [0.25, 0.3) is 0 Å². The lowest BCUT2D eigenvalue weighted by Crippen LogP contribution is -2.51. The number of likely N-dealkylation sites (tertiary alicyclic amines) is 1. The smallest absolute Gasteiger partial charge is 0.329 e. The molecule has 1 atom stereocenters. The molecule has 1 fully saturated rings. The second-order valence-corrected chi connectivity index (χ2v) is 6.48. The number of carbonyl (C=O) groups is 3. The van der Waals surface area contributed by atoms with Gasteiger partial charge in [-0.2, -0.15) is 0 Å². The molecule has 0 aromatic heterocycles. The van der Waals surface area contributed by atoms with Crippen molar-refractivity contribution in [2.45, 2.75) is 52.5 Å². The lowest BCUT2D eigenvalue weighted by Gasteiger charge is -2.31. The molecular formula is C14H24N2O4. The molecule has 0 aromatic rings. The number of carbonyl (C=O) groups excluding carboxylic acids is 2. The van der Waals surface area contributed by atoms with E-state index in [1.165, 1.54) is 4.90 Å². The van der Waals surface area contributed by atoms with Gasteiger partial charge in [0, 0.05) is 24.9 Å². The summed E-state index contributed by atoms with van der Waals surface area (Å²) in [6, 6.07) is 0. The molecule has 0 saturated carbocycles. The normalized spacial score (nSPS) is 22.7. The minimum Gasteiger partial charge on any atom is -0.480 e. The number of hydrogen-bond donors (Lipinski definition) is 2. The molecule has 114 valence electrons. The maximum Gasteiger partial charge on any atom is 0.329 e. The van der Waals surface area contributed by atoms with Crippen molar-refractivity contribution in [2.75, 3.05) is 13.1 Å². The molecule has 1 heterocycles. The van der Waals surface area contributed by atoms with Gasteiger partial charge in [-0.1, -0.05) is 20.8 Å². The van der Waals surface area contributed by atoms with E-state index in [9.17, 15) is 19.5 Å². The fraction of sp³-hybridized carbons (Fsp3) is 0.786. The van der Waals surface area contributed by atoms with E-state index in [0.717, 1.165) is 0 Å². The first-order chi connectivity index (χ1) is 9.09. The summed E-state index contributed by atoms with van der Waals surface area (Å²) in [5.74, 6) is -1.31. The monoisotopic (exact) mass is 284 g/mol. The van der Waals surface area contributed by atoms with Crippen LogP contribution in [0.4, 0.5) is 0 Å². The Morgan fingerprint density at radius 3 is 2.40 bits per heavy atom. The van der Waals surface area contributed by atoms with Gasteiger partial charge in [-0.25, -0.2) is 4.79 Å². The number of carboxylic acid groups (broad SMARTS) is 1. The summed E-state index contributed by atoms with van der Waals surface area (Å²) in [4.78, 5) is 36.5. The van der Waals surface area contributed by atoms with Crippen LogP contribution in [0.1, 0.15) is 47.0 Å². The molecular weight excluding hydrogens is 260 g/mol. The second-order valence-electron chi connectivity index (χ2n) is 6.48. The first-order valence-corrected chi connectivity index (χ1v) is 6.91. The minimum atomic E-state index is -1.11.